The van der Waals surface area contributed by atoms with Crippen LogP contribution in [0.1, 0.15) is 42.1 Å². The molecule has 2 aromatic carbocycles. The van der Waals surface area contributed by atoms with E-state index in [2.05, 4.69) is 30.4 Å². The maximum atomic E-state index is 6.06. The lowest BCUT2D eigenvalue weighted by Crippen LogP contribution is -2.22. The van der Waals surface area contributed by atoms with E-state index in [1.54, 1.807) is 0 Å². The Morgan fingerprint density at radius 3 is 2.70 bits per heavy atom. The Morgan fingerprint density at radius 1 is 1.10 bits per heavy atom. The summed E-state index contributed by atoms with van der Waals surface area (Å²) in [6, 6.07) is 14.9. The van der Waals surface area contributed by atoms with Crippen molar-refractivity contribution < 1.29 is 0 Å². The molecule has 2 unspecified atom stereocenters. The van der Waals surface area contributed by atoms with Crippen molar-refractivity contribution >= 4 is 23.2 Å². The van der Waals surface area contributed by atoms with E-state index in [4.69, 9.17) is 23.2 Å². The zero-order valence-electron chi connectivity index (χ0n) is 11.4. The fourth-order valence-corrected chi connectivity index (χ4v) is 3.33. The number of hydrogen-bond donors (Lipinski definition) is 1. The first-order valence-electron chi connectivity index (χ1n) is 6.93. The largest absolute Gasteiger partial charge is 0.303 e. The van der Waals surface area contributed by atoms with Gasteiger partial charge in [-0.25, -0.2) is 0 Å². The second-order valence-corrected chi connectivity index (χ2v) is 6.25. The van der Waals surface area contributed by atoms with Gasteiger partial charge in [-0.1, -0.05) is 41.4 Å². The zero-order chi connectivity index (χ0) is 14.1. The van der Waals surface area contributed by atoms with Crippen LogP contribution >= 0.6 is 23.2 Å². The first-order valence-corrected chi connectivity index (χ1v) is 7.69. The number of halogens is 2. The van der Waals surface area contributed by atoms with Crippen LogP contribution in [0.2, 0.25) is 10.0 Å². The van der Waals surface area contributed by atoms with Crippen LogP contribution in [0.5, 0.6) is 0 Å². The van der Waals surface area contributed by atoms with Gasteiger partial charge in [0, 0.05) is 22.1 Å². The minimum absolute atomic E-state index is 0.278. The van der Waals surface area contributed by atoms with Crippen LogP contribution in [0, 0.1) is 0 Å². The van der Waals surface area contributed by atoms with Crippen molar-refractivity contribution in [1.82, 2.24) is 5.32 Å². The number of rotatable bonds is 3. The summed E-state index contributed by atoms with van der Waals surface area (Å²) in [5, 5.41) is 5.31. The quantitative estimate of drug-likeness (QED) is 0.808. The summed E-state index contributed by atoms with van der Waals surface area (Å²) in [4.78, 5) is 0. The van der Waals surface area contributed by atoms with E-state index in [0.717, 1.165) is 22.9 Å². The van der Waals surface area contributed by atoms with Crippen LogP contribution in [-0.4, -0.2) is 0 Å². The number of hydrogen-bond acceptors (Lipinski definition) is 1. The fourth-order valence-electron chi connectivity index (χ4n) is 2.93. The van der Waals surface area contributed by atoms with Gasteiger partial charge in [-0.2, -0.15) is 0 Å². The summed E-state index contributed by atoms with van der Waals surface area (Å²) in [5.41, 5.74) is 3.97. The lowest BCUT2D eigenvalue weighted by atomic mass is 10.0. The van der Waals surface area contributed by atoms with Crippen LogP contribution in [0.3, 0.4) is 0 Å². The number of benzene rings is 2. The lowest BCUT2D eigenvalue weighted by Gasteiger charge is -2.21. The van der Waals surface area contributed by atoms with Gasteiger partial charge in [0.15, 0.2) is 0 Å². The maximum Gasteiger partial charge on any atom is 0.0409 e. The molecule has 104 valence electrons. The third-order valence-corrected chi connectivity index (χ3v) is 4.45. The van der Waals surface area contributed by atoms with Crippen molar-refractivity contribution in [2.45, 2.75) is 31.8 Å². The zero-order valence-corrected chi connectivity index (χ0v) is 12.9. The highest BCUT2D eigenvalue weighted by Crippen LogP contribution is 2.34. The maximum absolute atomic E-state index is 6.06. The first kappa shape index (κ1) is 13.9. The van der Waals surface area contributed by atoms with E-state index in [-0.39, 0.29) is 6.04 Å². The molecule has 0 saturated carbocycles. The summed E-state index contributed by atoms with van der Waals surface area (Å²) < 4.78 is 0. The van der Waals surface area contributed by atoms with Gasteiger partial charge in [0.05, 0.1) is 0 Å². The third-order valence-electron chi connectivity index (χ3n) is 3.98. The van der Waals surface area contributed by atoms with E-state index in [0.29, 0.717) is 6.04 Å². The first-order chi connectivity index (χ1) is 9.63. The highest BCUT2D eigenvalue weighted by molar-refractivity contribution is 6.30. The van der Waals surface area contributed by atoms with Gasteiger partial charge in [-0.05, 0) is 60.7 Å². The van der Waals surface area contributed by atoms with Gasteiger partial charge in [-0.3, -0.25) is 0 Å². The summed E-state index contributed by atoms with van der Waals surface area (Å²) in [7, 11) is 0. The van der Waals surface area contributed by atoms with Gasteiger partial charge in [-0.15, -0.1) is 0 Å². The van der Waals surface area contributed by atoms with Crippen molar-refractivity contribution in [3.8, 4) is 0 Å². The predicted octanol–water partition coefficient (Wildman–Crippen LogP) is 5.33. The highest BCUT2D eigenvalue weighted by atomic mass is 35.5. The minimum atomic E-state index is 0.278. The molecule has 2 aromatic rings. The van der Waals surface area contributed by atoms with Crippen molar-refractivity contribution in [2.24, 2.45) is 0 Å². The molecule has 0 fully saturated rings. The smallest absolute Gasteiger partial charge is 0.0409 e. The SMILES string of the molecule is CC(NC1CCc2cc(Cl)ccc21)c1cccc(Cl)c1. The van der Waals surface area contributed by atoms with Gasteiger partial charge in [0.25, 0.3) is 0 Å². The molecule has 1 N–H and O–H groups in total. The predicted molar refractivity (Wildman–Crippen MR) is 85.5 cm³/mol. The standard InChI is InChI=1S/C17H17Cl2N/c1-11(12-3-2-4-14(18)9-12)20-17-8-5-13-10-15(19)6-7-16(13)17/h2-4,6-7,9-11,17,20H,5,8H2,1H3. The molecule has 0 bridgehead atoms. The van der Waals surface area contributed by atoms with Gasteiger partial charge in [0.1, 0.15) is 0 Å². The Labute approximate surface area is 129 Å². The minimum Gasteiger partial charge on any atom is -0.303 e. The second kappa shape index (κ2) is 5.77. The molecule has 0 radical (unpaired) electrons. The van der Waals surface area contributed by atoms with Crippen LogP contribution in [-0.2, 0) is 6.42 Å². The monoisotopic (exact) mass is 305 g/mol. The van der Waals surface area contributed by atoms with E-state index in [9.17, 15) is 0 Å². The molecule has 0 spiro atoms. The summed E-state index contributed by atoms with van der Waals surface area (Å²) in [6.07, 6.45) is 2.22. The molecule has 0 aliphatic heterocycles. The molecule has 3 heteroatoms. The fraction of sp³-hybridized carbons (Fsp3) is 0.294. The van der Waals surface area contributed by atoms with Crippen molar-refractivity contribution in [3.05, 3.63) is 69.2 Å². The Kier molecular flexibility index (Phi) is 4.02. The molecular weight excluding hydrogens is 289 g/mol. The molecular formula is C17H17Cl2N. The van der Waals surface area contributed by atoms with Crippen LogP contribution in [0.15, 0.2) is 42.5 Å². The molecule has 0 saturated heterocycles. The van der Waals surface area contributed by atoms with E-state index < -0.39 is 0 Å². The third kappa shape index (κ3) is 2.85. The molecule has 20 heavy (non-hydrogen) atoms. The van der Waals surface area contributed by atoms with Gasteiger partial charge >= 0.3 is 0 Å². The molecule has 1 aliphatic rings. The van der Waals surface area contributed by atoms with E-state index in [1.165, 1.54) is 16.7 Å². The van der Waals surface area contributed by atoms with Crippen LogP contribution in [0.25, 0.3) is 0 Å². The normalized spacial score (nSPS) is 18.9. The molecule has 3 rings (SSSR count). The second-order valence-electron chi connectivity index (χ2n) is 5.38. The van der Waals surface area contributed by atoms with Crippen LogP contribution in [0.4, 0.5) is 0 Å². The number of fused-ring (bicyclic) bond motifs is 1. The Hall–Kier alpha value is -1.02. The van der Waals surface area contributed by atoms with Gasteiger partial charge in [0.2, 0.25) is 0 Å². The Morgan fingerprint density at radius 2 is 1.90 bits per heavy atom. The molecule has 1 aliphatic carbocycles. The molecule has 0 aromatic heterocycles. The summed E-state index contributed by atoms with van der Waals surface area (Å²) in [5.74, 6) is 0. The number of aryl methyl sites for hydroxylation is 1. The Balaban J connectivity index is 1.77. The number of nitrogens with one attached hydrogen (secondary N) is 1. The molecule has 1 nitrogen and oxygen atoms in total. The van der Waals surface area contributed by atoms with Crippen molar-refractivity contribution in [1.29, 1.82) is 0 Å². The summed E-state index contributed by atoms with van der Waals surface area (Å²) in [6.45, 7) is 2.18. The van der Waals surface area contributed by atoms with Crippen molar-refractivity contribution in [2.75, 3.05) is 0 Å². The van der Waals surface area contributed by atoms with Crippen molar-refractivity contribution in [3.63, 3.8) is 0 Å². The average molecular weight is 306 g/mol. The summed E-state index contributed by atoms with van der Waals surface area (Å²) >= 11 is 12.1. The molecule has 2 atom stereocenters. The van der Waals surface area contributed by atoms with Gasteiger partial charge < -0.3 is 5.32 Å². The lowest BCUT2D eigenvalue weighted by molar-refractivity contribution is 0.465. The van der Waals surface area contributed by atoms with E-state index in [1.807, 2.05) is 24.3 Å². The topological polar surface area (TPSA) is 12.0 Å². The molecule has 0 amide bonds. The van der Waals surface area contributed by atoms with Crippen LogP contribution < -0.4 is 5.32 Å². The average Bonchev–Trinajstić information content (AvgIpc) is 2.81. The highest BCUT2D eigenvalue weighted by Gasteiger charge is 2.24. The van der Waals surface area contributed by atoms with E-state index >= 15 is 0 Å². The Bertz CT molecular complexity index is 624. The molecule has 0 heterocycles.